The van der Waals surface area contributed by atoms with Crippen molar-refractivity contribution in [2.24, 2.45) is 4.99 Å². The van der Waals surface area contributed by atoms with Gasteiger partial charge in [0.2, 0.25) is 0 Å². The van der Waals surface area contributed by atoms with E-state index in [-0.39, 0.29) is 18.1 Å². The molecule has 0 saturated carbocycles. The predicted molar refractivity (Wildman–Crippen MR) is 98.0 cm³/mol. The maximum Gasteiger partial charge on any atom is 0.191 e. The molecule has 0 aliphatic rings. The van der Waals surface area contributed by atoms with Gasteiger partial charge in [0.1, 0.15) is 5.82 Å². The lowest BCUT2D eigenvalue weighted by atomic mass is 10.1. The molecule has 5 nitrogen and oxygen atoms in total. The number of guanidine groups is 1. The van der Waals surface area contributed by atoms with Crippen molar-refractivity contribution in [3.63, 3.8) is 0 Å². The summed E-state index contributed by atoms with van der Waals surface area (Å²) in [5.41, 5.74) is 0.622. The zero-order valence-electron chi connectivity index (χ0n) is 14.1. The Hall–Kier alpha value is -2.41. The van der Waals surface area contributed by atoms with Crippen LogP contribution in [0.15, 0.2) is 64.5 Å². The van der Waals surface area contributed by atoms with Crippen LogP contribution in [0.1, 0.15) is 5.56 Å². The minimum atomic E-state index is -3.33. The minimum absolute atomic E-state index is 0.0367. The van der Waals surface area contributed by atoms with Crippen LogP contribution in [-0.4, -0.2) is 40.3 Å². The Balaban J connectivity index is 1.78. The Morgan fingerprint density at radius 3 is 2.32 bits per heavy atom. The molecule has 0 aromatic heterocycles. The fourth-order valence-electron chi connectivity index (χ4n) is 2.29. The normalized spacial score (nSPS) is 12.0. The van der Waals surface area contributed by atoms with Crippen LogP contribution < -0.4 is 10.6 Å². The predicted octanol–water partition coefficient (Wildman–Crippen LogP) is 2.01. The van der Waals surface area contributed by atoms with E-state index in [9.17, 15) is 12.8 Å². The largest absolute Gasteiger partial charge is 0.356 e. The van der Waals surface area contributed by atoms with Gasteiger partial charge in [0.05, 0.1) is 10.6 Å². The molecule has 2 aromatic carbocycles. The van der Waals surface area contributed by atoms with Crippen LogP contribution in [0.5, 0.6) is 0 Å². The second-order valence-corrected chi connectivity index (χ2v) is 7.51. The molecule has 25 heavy (non-hydrogen) atoms. The summed E-state index contributed by atoms with van der Waals surface area (Å²) in [6.07, 6.45) is 0.510. The first-order valence-corrected chi connectivity index (χ1v) is 9.64. The van der Waals surface area contributed by atoms with E-state index in [2.05, 4.69) is 15.6 Å². The molecule has 0 unspecified atom stereocenters. The van der Waals surface area contributed by atoms with E-state index in [4.69, 9.17) is 0 Å². The molecule has 0 fully saturated rings. The molecule has 2 aromatic rings. The number of sulfone groups is 1. The average molecular weight is 363 g/mol. The molecule has 0 amide bonds. The van der Waals surface area contributed by atoms with E-state index >= 15 is 0 Å². The lowest BCUT2D eigenvalue weighted by Crippen LogP contribution is -2.40. The second kappa shape index (κ2) is 9.17. The van der Waals surface area contributed by atoms with Gasteiger partial charge in [0, 0.05) is 20.1 Å². The number of hydrogen-bond donors (Lipinski definition) is 2. The molecule has 0 heterocycles. The number of benzene rings is 2. The molecule has 0 spiro atoms. The molecule has 2 N–H and O–H groups in total. The van der Waals surface area contributed by atoms with Crippen LogP contribution in [-0.2, 0) is 16.3 Å². The van der Waals surface area contributed by atoms with Crippen LogP contribution in [0.25, 0.3) is 0 Å². The van der Waals surface area contributed by atoms with E-state index in [1.807, 2.05) is 0 Å². The van der Waals surface area contributed by atoms with Gasteiger partial charge in [-0.3, -0.25) is 4.99 Å². The fraction of sp³-hybridized carbons (Fsp3) is 0.278. The molecular weight excluding hydrogens is 341 g/mol. The summed E-state index contributed by atoms with van der Waals surface area (Å²) in [6.45, 7) is 0.725. The molecule has 0 aliphatic carbocycles. The highest BCUT2D eigenvalue weighted by Crippen LogP contribution is 2.09. The maximum absolute atomic E-state index is 13.6. The molecule has 0 aliphatic heterocycles. The first-order chi connectivity index (χ1) is 12.0. The monoisotopic (exact) mass is 363 g/mol. The van der Waals surface area contributed by atoms with Crippen LogP contribution in [0.4, 0.5) is 4.39 Å². The average Bonchev–Trinajstić information content (AvgIpc) is 2.62. The van der Waals surface area contributed by atoms with E-state index in [1.165, 1.54) is 6.07 Å². The zero-order chi connectivity index (χ0) is 18.1. The van der Waals surface area contributed by atoms with Crippen molar-refractivity contribution in [3.05, 3.63) is 66.0 Å². The molecule has 134 valence electrons. The Morgan fingerprint density at radius 2 is 1.64 bits per heavy atom. The summed E-state index contributed by atoms with van der Waals surface area (Å²) in [6, 6.07) is 14.9. The third-order valence-corrected chi connectivity index (χ3v) is 5.37. The molecule has 0 atom stereocenters. The summed E-state index contributed by atoms with van der Waals surface area (Å²) in [4.78, 5) is 4.34. The lowest BCUT2D eigenvalue weighted by Gasteiger charge is -2.12. The van der Waals surface area contributed by atoms with Gasteiger partial charge in [-0.25, -0.2) is 12.8 Å². The van der Waals surface area contributed by atoms with Crippen molar-refractivity contribution in [2.45, 2.75) is 11.3 Å². The van der Waals surface area contributed by atoms with Crippen molar-refractivity contribution in [1.82, 2.24) is 10.6 Å². The molecule has 0 radical (unpaired) electrons. The van der Waals surface area contributed by atoms with Crippen molar-refractivity contribution >= 4 is 15.8 Å². The minimum Gasteiger partial charge on any atom is -0.356 e. The molecule has 2 rings (SSSR count). The molecule has 0 saturated heterocycles. The Labute approximate surface area is 147 Å². The van der Waals surface area contributed by atoms with Crippen LogP contribution in [0.2, 0.25) is 0 Å². The van der Waals surface area contributed by atoms with Crippen molar-refractivity contribution in [1.29, 1.82) is 0 Å². The zero-order valence-corrected chi connectivity index (χ0v) is 14.9. The highest BCUT2D eigenvalue weighted by molar-refractivity contribution is 7.91. The summed E-state index contributed by atoms with van der Waals surface area (Å²) >= 11 is 0. The first kappa shape index (κ1) is 18.9. The maximum atomic E-state index is 13.6. The van der Waals surface area contributed by atoms with Crippen molar-refractivity contribution < 1.29 is 12.8 Å². The van der Waals surface area contributed by atoms with Gasteiger partial charge < -0.3 is 10.6 Å². The Morgan fingerprint density at radius 1 is 1.00 bits per heavy atom. The van der Waals surface area contributed by atoms with Crippen LogP contribution >= 0.6 is 0 Å². The summed E-state index contributed by atoms with van der Waals surface area (Å²) in [5, 5.41) is 6.01. The highest BCUT2D eigenvalue weighted by atomic mass is 32.2. The van der Waals surface area contributed by atoms with Gasteiger partial charge in [0.25, 0.3) is 0 Å². The summed E-state index contributed by atoms with van der Waals surface area (Å²) < 4.78 is 37.9. The smallest absolute Gasteiger partial charge is 0.191 e. The summed E-state index contributed by atoms with van der Waals surface area (Å²) in [5.74, 6) is 0.214. The number of aliphatic imine (C=N–C) groups is 1. The lowest BCUT2D eigenvalue weighted by molar-refractivity contribution is 0.594. The Kier molecular flexibility index (Phi) is 6.94. The summed E-state index contributed by atoms with van der Waals surface area (Å²) in [7, 11) is -1.73. The first-order valence-electron chi connectivity index (χ1n) is 7.98. The van der Waals surface area contributed by atoms with Gasteiger partial charge in [-0.15, -0.1) is 0 Å². The number of nitrogens with one attached hydrogen (secondary N) is 2. The number of rotatable bonds is 7. The van der Waals surface area contributed by atoms with E-state index in [0.717, 1.165) is 0 Å². The van der Waals surface area contributed by atoms with E-state index < -0.39 is 9.84 Å². The SMILES string of the molecule is CN=C(NCCc1ccccc1F)NCCS(=O)(=O)c1ccccc1. The van der Waals surface area contributed by atoms with Gasteiger partial charge in [0.15, 0.2) is 15.8 Å². The van der Waals surface area contributed by atoms with Crippen LogP contribution in [0.3, 0.4) is 0 Å². The van der Waals surface area contributed by atoms with Crippen molar-refractivity contribution in [2.75, 3.05) is 25.9 Å². The van der Waals surface area contributed by atoms with E-state index in [0.29, 0.717) is 29.4 Å². The molecular formula is C18H22FN3O2S. The quantitative estimate of drug-likeness (QED) is 0.583. The van der Waals surface area contributed by atoms with Gasteiger partial charge in [-0.1, -0.05) is 36.4 Å². The highest BCUT2D eigenvalue weighted by Gasteiger charge is 2.13. The molecule has 0 bridgehead atoms. The van der Waals surface area contributed by atoms with Crippen LogP contribution in [0, 0.1) is 5.82 Å². The fourth-order valence-corrected chi connectivity index (χ4v) is 3.47. The third-order valence-electron chi connectivity index (χ3n) is 3.63. The number of hydrogen-bond acceptors (Lipinski definition) is 3. The third kappa shape index (κ3) is 5.86. The Bertz CT molecular complexity index is 808. The molecule has 7 heteroatoms. The second-order valence-electron chi connectivity index (χ2n) is 5.40. The van der Waals surface area contributed by atoms with Crippen molar-refractivity contribution in [3.8, 4) is 0 Å². The van der Waals surface area contributed by atoms with Gasteiger partial charge in [-0.05, 0) is 30.2 Å². The number of nitrogens with zero attached hydrogens (tertiary/aromatic N) is 1. The topological polar surface area (TPSA) is 70.6 Å². The van der Waals surface area contributed by atoms with Gasteiger partial charge >= 0.3 is 0 Å². The number of halogens is 1. The van der Waals surface area contributed by atoms with E-state index in [1.54, 1.807) is 55.6 Å². The van der Waals surface area contributed by atoms with Gasteiger partial charge in [-0.2, -0.15) is 0 Å². The standard InChI is InChI=1S/C18H22FN3O2S/c1-20-18(21-12-11-15-7-5-6-10-17(15)19)22-13-14-25(23,24)16-8-3-2-4-9-16/h2-10H,11-14H2,1H3,(H2,20,21,22).